The number of benzene rings is 3. The zero-order chi connectivity index (χ0) is 20.3. The maximum Gasteiger partial charge on any atom is 0.227 e. The highest BCUT2D eigenvalue weighted by molar-refractivity contribution is 5.73. The van der Waals surface area contributed by atoms with Crippen LogP contribution in [-0.4, -0.2) is 21.7 Å². The van der Waals surface area contributed by atoms with E-state index in [2.05, 4.69) is 64.9 Å². The first kappa shape index (κ1) is 18.5. The summed E-state index contributed by atoms with van der Waals surface area (Å²) in [6.45, 7) is 0.157. The molecular formula is C26H23N3O. The molecule has 0 saturated heterocycles. The summed E-state index contributed by atoms with van der Waals surface area (Å²) < 4.78 is 0. The molecule has 5 rings (SSSR count). The van der Waals surface area contributed by atoms with Crippen LogP contribution in [0.15, 0.2) is 85.1 Å². The molecule has 4 heteroatoms. The first-order valence-electron chi connectivity index (χ1n) is 10.3. The molecule has 30 heavy (non-hydrogen) atoms. The SMILES string of the molecule is OCCc1ccc(Nc2ncc3c(n2)-c2ccccc2[C@@H](c2ccccc2)C3)cc1. The maximum absolute atomic E-state index is 9.07. The second kappa shape index (κ2) is 8.09. The van der Waals surface area contributed by atoms with E-state index in [1.165, 1.54) is 22.3 Å². The molecule has 0 aliphatic heterocycles. The summed E-state index contributed by atoms with van der Waals surface area (Å²) in [5, 5.41) is 12.4. The second-order valence-electron chi connectivity index (χ2n) is 7.62. The van der Waals surface area contributed by atoms with E-state index in [9.17, 15) is 0 Å². The summed E-state index contributed by atoms with van der Waals surface area (Å²) in [7, 11) is 0. The second-order valence-corrected chi connectivity index (χ2v) is 7.62. The lowest BCUT2D eigenvalue weighted by Crippen LogP contribution is -2.14. The fourth-order valence-corrected chi connectivity index (χ4v) is 4.19. The Labute approximate surface area is 176 Å². The van der Waals surface area contributed by atoms with Crippen molar-refractivity contribution in [1.29, 1.82) is 0 Å². The lowest BCUT2D eigenvalue weighted by molar-refractivity contribution is 0.299. The van der Waals surface area contributed by atoms with E-state index >= 15 is 0 Å². The molecule has 148 valence electrons. The van der Waals surface area contributed by atoms with Gasteiger partial charge in [-0.15, -0.1) is 0 Å². The van der Waals surface area contributed by atoms with Crippen molar-refractivity contribution in [3.8, 4) is 11.3 Å². The Morgan fingerprint density at radius 2 is 1.67 bits per heavy atom. The van der Waals surface area contributed by atoms with Crippen molar-refractivity contribution in [2.45, 2.75) is 18.8 Å². The van der Waals surface area contributed by atoms with Crippen molar-refractivity contribution in [3.05, 3.63) is 107 Å². The molecular weight excluding hydrogens is 370 g/mol. The van der Waals surface area contributed by atoms with Crippen molar-refractivity contribution in [1.82, 2.24) is 9.97 Å². The Morgan fingerprint density at radius 1 is 0.900 bits per heavy atom. The molecule has 2 N–H and O–H groups in total. The molecule has 1 aromatic heterocycles. The lowest BCUT2D eigenvalue weighted by Gasteiger charge is -2.27. The number of aliphatic hydroxyl groups is 1. The van der Waals surface area contributed by atoms with Gasteiger partial charge in [0.05, 0.1) is 5.69 Å². The zero-order valence-corrected chi connectivity index (χ0v) is 16.6. The average Bonchev–Trinajstić information content (AvgIpc) is 2.81. The standard InChI is InChI=1S/C26H23N3O/c30-15-14-18-10-12-21(13-11-18)28-26-27-17-20-16-24(19-6-2-1-3-7-19)22-8-4-5-9-23(22)25(20)29-26/h1-13,17,24,30H,14-16H2,(H,27,28,29)/t24-/m1/s1. The number of fused-ring (bicyclic) bond motifs is 3. The van der Waals surface area contributed by atoms with Crippen molar-refractivity contribution in [2.24, 2.45) is 0 Å². The number of hydrogen-bond acceptors (Lipinski definition) is 4. The average molecular weight is 393 g/mol. The van der Waals surface area contributed by atoms with Gasteiger partial charge in [-0.3, -0.25) is 0 Å². The number of aromatic nitrogens is 2. The van der Waals surface area contributed by atoms with E-state index in [1.807, 2.05) is 30.5 Å². The minimum absolute atomic E-state index is 0.157. The third kappa shape index (κ3) is 3.58. The molecule has 4 nitrogen and oxygen atoms in total. The quantitative estimate of drug-likeness (QED) is 0.495. The Bertz CT molecular complexity index is 1160. The number of aliphatic hydroxyl groups excluding tert-OH is 1. The largest absolute Gasteiger partial charge is 0.396 e. The highest BCUT2D eigenvalue weighted by Gasteiger charge is 2.27. The van der Waals surface area contributed by atoms with Crippen LogP contribution in [0.5, 0.6) is 0 Å². The van der Waals surface area contributed by atoms with Crippen molar-refractivity contribution in [3.63, 3.8) is 0 Å². The number of nitrogens with zero attached hydrogens (tertiary/aromatic N) is 2. The summed E-state index contributed by atoms with van der Waals surface area (Å²) in [5.74, 6) is 0.910. The molecule has 0 radical (unpaired) electrons. The van der Waals surface area contributed by atoms with Crippen LogP contribution in [-0.2, 0) is 12.8 Å². The van der Waals surface area contributed by atoms with E-state index < -0.39 is 0 Å². The van der Waals surface area contributed by atoms with Gasteiger partial charge in [0.15, 0.2) is 0 Å². The van der Waals surface area contributed by atoms with Crippen molar-refractivity contribution < 1.29 is 5.11 Å². The molecule has 4 aromatic rings. The smallest absolute Gasteiger partial charge is 0.227 e. The van der Waals surface area contributed by atoms with Crippen LogP contribution in [0.1, 0.15) is 28.2 Å². The molecule has 1 aliphatic rings. The monoisotopic (exact) mass is 393 g/mol. The Balaban J connectivity index is 1.48. The highest BCUT2D eigenvalue weighted by Crippen LogP contribution is 2.41. The molecule has 0 spiro atoms. The van der Waals surface area contributed by atoms with Gasteiger partial charge in [0.2, 0.25) is 5.95 Å². The van der Waals surface area contributed by atoms with Gasteiger partial charge in [0, 0.05) is 30.0 Å². The van der Waals surface area contributed by atoms with Gasteiger partial charge in [0.1, 0.15) is 0 Å². The third-order valence-electron chi connectivity index (χ3n) is 5.69. The van der Waals surface area contributed by atoms with E-state index in [0.29, 0.717) is 18.3 Å². The minimum atomic E-state index is 0.157. The van der Waals surface area contributed by atoms with Gasteiger partial charge < -0.3 is 10.4 Å². The lowest BCUT2D eigenvalue weighted by atomic mass is 9.78. The van der Waals surface area contributed by atoms with Gasteiger partial charge >= 0.3 is 0 Å². The molecule has 0 amide bonds. The number of rotatable bonds is 5. The van der Waals surface area contributed by atoms with Gasteiger partial charge in [-0.05, 0) is 47.2 Å². The predicted octanol–water partition coefficient (Wildman–Crippen LogP) is 5.11. The van der Waals surface area contributed by atoms with Crippen molar-refractivity contribution in [2.75, 3.05) is 11.9 Å². The van der Waals surface area contributed by atoms with Gasteiger partial charge in [0.25, 0.3) is 0 Å². The van der Waals surface area contributed by atoms with Gasteiger partial charge in [-0.2, -0.15) is 0 Å². The summed E-state index contributed by atoms with van der Waals surface area (Å²) in [6.07, 6.45) is 3.51. The Morgan fingerprint density at radius 3 is 2.47 bits per heavy atom. The number of anilines is 2. The fraction of sp³-hybridized carbons (Fsp3) is 0.154. The molecule has 0 saturated carbocycles. The van der Waals surface area contributed by atoms with E-state index in [-0.39, 0.29) is 6.61 Å². The minimum Gasteiger partial charge on any atom is -0.396 e. The van der Waals surface area contributed by atoms with Crippen LogP contribution >= 0.6 is 0 Å². The van der Waals surface area contributed by atoms with Crippen LogP contribution in [0.2, 0.25) is 0 Å². The first-order chi connectivity index (χ1) is 14.8. The maximum atomic E-state index is 9.07. The summed E-state index contributed by atoms with van der Waals surface area (Å²) in [5.41, 5.74) is 8.03. The summed E-state index contributed by atoms with van der Waals surface area (Å²) in [4.78, 5) is 9.46. The van der Waals surface area contributed by atoms with Crippen LogP contribution in [0, 0.1) is 0 Å². The topological polar surface area (TPSA) is 58.0 Å². The van der Waals surface area contributed by atoms with Crippen LogP contribution in [0.4, 0.5) is 11.6 Å². The highest BCUT2D eigenvalue weighted by atomic mass is 16.2. The number of nitrogens with one attached hydrogen (secondary N) is 1. The van der Waals surface area contributed by atoms with Crippen LogP contribution in [0.25, 0.3) is 11.3 Å². The molecule has 1 aliphatic carbocycles. The number of hydrogen-bond donors (Lipinski definition) is 2. The Kier molecular flexibility index (Phi) is 4.99. The van der Waals surface area contributed by atoms with E-state index in [0.717, 1.165) is 23.4 Å². The molecule has 3 aromatic carbocycles. The molecule has 1 atom stereocenters. The van der Waals surface area contributed by atoms with Gasteiger partial charge in [-0.25, -0.2) is 9.97 Å². The van der Waals surface area contributed by atoms with Crippen LogP contribution < -0.4 is 5.32 Å². The third-order valence-corrected chi connectivity index (χ3v) is 5.69. The molecule has 0 bridgehead atoms. The normalized spacial score (nSPS) is 14.6. The summed E-state index contributed by atoms with van der Waals surface area (Å²) in [6, 6.07) is 27.2. The molecule has 0 fully saturated rings. The van der Waals surface area contributed by atoms with E-state index in [1.54, 1.807) is 0 Å². The fourth-order valence-electron chi connectivity index (χ4n) is 4.19. The molecule has 0 unspecified atom stereocenters. The predicted molar refractivity (Wildman–Crippen MR) is 120 cm³/mol. The zero-order valence-electron chi connectivity index (χ0n) is 16.6. The Hall–Kier alpha value is -3.50. The summed E-state index contributed by atoms with van der Waals surface area (Å²) >= 11 is 0. The van der Waals surface area contributed by atoms with Crippen molar-refractivity contribution >= 4 is 11.6 Å². The van der Waals surface area contributed by atoms with Gasteiger partial charge in [-0.1, -0.05) is 66.7 Å². The first-order valence-corrected chi connectivity index (χ1v) is 10.3. The molecule has 1 heterocycles. The van der Waals surface area contributed by atoms with Crippen LogP contribution in [0.3, 0.4) is 0 Å². The van der Waals surface area contributed by atoms with E-state index in [4.69, 9.17) is 10.1 Å².